The van der Waals surface area contributed by atoms with Gasteiger partial charge in [-0.2, -0.15) is 10.4 Å². The van der Waals surface area contributed by atoms with Crippen molar-refractivity contribution in [2.75, 3.05) is 13.1 Å². The van der Waals surface area contributed by atoms with Gasteiger partial charge in [0.25, 0.3) is 11.5 Å². The Kier molecular flexibility index (Phi) is 3.53. The molecule has 2 aromatic heterocycles. The van der Waals surface area contributed by atoms with Crippen LogP contribution in [0, 0.1) is 11.3 Å². The van der Waals surface area contributed by atoms with Crippen molar-refractivity contribution >= 4 is 5.91 Å². The number of amides is 1. The van der Waals surface area contributed by atoms with Crippen LogP contribution in [0.5, 0.6) is 5.88 Å². The fourth-order valence-corrected chi connectivity index (χ4v) is 2.03. The Morgan fingerprint density at radius 2 is 2.23 bits per heavy atom. The van der Waals surface area contributed by atoms with Gasteiger partial charge in [0.05, 0.1) is 13.1 Å². The highest BCUT2D eigenvalue weighted by Gasteiger charge is 2.34. The van der Waals surface area contributed by atoms with Crippen molar-refractivity contribution in [2.45, 2.75) is 6.10 Å². The van der Waals surface area contributed by atoms with Crippen LogP contribution in [0.15, 0.2) is 35.3 Å². The van der Waals surface area contributed by atoms with Crippen molar-refractivity contribution in [3.63, 3.8) is 0 Å². The molecule has 1 aliphatic heterocycles. The maximum atomic E-state index is 12.1. The number of nitrogens with one attached hydrogen (secondary N) is 1. The number of carbonyl (C=O) groups excluding carboxylic acids is 1. The lowest BCUT2D eigenvalue weighted by atomic mass is 10.1. The zero-order chi connectivity index (χ0) is 15.5. The topological polar surface area (TPSA) is 112 Å². The van der Waals surface area contributed by atoms with E-state index in [1.807, 2.05) is 6.07 Å². The fourth-order valence-electron chi connectivity index (χ4n) is 2.03. The van der Waals surface area contributed by atoms with Crippen molar-refractivity contribution in [2.24, 2.45) is 0 Å². The van der Waals surface area contributed by atoms with Crippen molar-refractivity contribution in [3.8, 4) is 11.9 Å². The second kappa shape index (κ2) is 5.65. The number of aromatic nitrogens is 3. The third-order valence-corrected chi connectivity index (χ3v) is 3.20. The standard InChI is InChI=1S/C14H11N5O3/c15-6-9-2-1-5-16-13(9)22-10-7-19(8-10)14(21)11-3-4-12(20)18-17-11/h1-5,10H,7-8H2,(H,18,20). The maximum absolute atomic E-state index is 12.1. The molecule has 1 N–H and O–H groups in total. The number of likely N-dealkylation sites (tertiary alicyclic amines) is 1. The van der Waals surface area contributed by atoms with E-state index in [4.69, 9.17) is 10.00 Å². The van der Waals surface area contributed by atoms with Gasteiger partial charge in [0.1, 0.15) is 23.4 Å². The Morgan fingerprint density at radius 3 is 2.91 bits per heavy atom. The van der Waals surface area contributed by atoms with Crippen molar-refractivity contribution < 1.29 is 9.53 Å². The van der Waals surface area contributed by atoms with Gasteiger partial charge in [0.2, 0.25) is 5.88 Å². The van der Waals surface area contributed by atoms with Gasteiger partial charge in [-0.1, -0.05) is 0 Å². The molecule has 0 atom stereocenters. The second-order valence-electron chi connectivity index (χ2n) is 4.72. The lowest BCUT2D eigenvalue weighted by Crippen LogP contribution is -2.56. The maximum Gasteiger partial charge on any atom is 0.274 e. The minimum absolute atomic E-state index is 0.175. The van der Waals surface area contributed by atoms with Gasteiger partial charge in [0.15, 0.2) is 0 Å². The zero-order valence-electron chi connectivity index (χ0n) is 11.4. The molecule has 8 heteroatoms. The Hall–Kier alpha value is -3.21. The van der Waals surface area contributed by atoms with E-state index in [2.05, 4.69) is 15.2 Å². The van der Waals surface area contributed by atoms with Gasteiger partial charge in [-0.3, -0.25) is 9.59 Å². The van der Waals surface area contributed by atoms with Crippen LogP contribution in [0.2, 0.25) is 0 Å². The summed E-state index contributed by atoms with van der Waals surface area (Å²) in [6, 6.07) is 7.91. The summed E-state index contributed by atoms with van der Waals surface area (Å²) in [5, 5.41) is 14.9. The van der Waals surface area contributed by atoms with Crippen molar-refractivity contribution in [3.05, 3.63) is 52.1 Å². The molecule has 8 nitrogen and oxygen atoms in total. The molecule has 2 aromatic rings. The molecule has 0 spiro atoms. The number of aromatic amines is 1. The molecule has 0 aliphatic carbocycles. The van der Waals surface area contributed by atoms with E-state index in [0.717, 1.165) is 0 Å². The molecular formula is C14H11N5O3. The van der Waals surface area contributed by atoms with E-state index in [1.165, 1.54) is 12.1 Å². The van der Waals surface area contributed by atoms with E-state index < -0.39 is 0 Å². The number of hydrogen-bond donors (Lipinski definition) is 1. The first-order chi connectivity index (χ1) is 10.7. The third kappa shape index (κ3) is 2.64. The highest BCUT2D eigenvalue weighted by atomic mass is 16.5. The van der Waals surface area contributed by atoms with E-state index >= 15 is 0 Å². The smallest absolute Gasteiger partial charge is 0.274 e. The molecule has 0 saturated carbocycles. The number of ether oxygens (including phenoxy) is 1. The van der Waals surface area contributed by atoms with Gasteiger partial charge < -0.3 is 9.64 Å². The van der Waals surface area contributed by atoms with Crippen LogP contribution in [0.25, 0.3) is 0 Å². The number of hydrogen-bond acceptors (Lipinski definition) is 6. The highest BCUT2D eigenvalue weighted by molar-refractivity contribution is 5.92. The zero-order valence-corrected chi connectivity index (χ0v) is 11.4. The molecule has 3 rings (SSSR count). The summed E-state index contributed by atoms with van der Waals surface area (Å²) in [5.41, 5.74) is 0.170. The Balaban J connectivity index is 1.60. The van der Waals surface area contributed by atoms with Crippen LogP contribution in [0.1, 0.15) is 16.1 Å². The van der Waals surface area contributed by atoms with Crippen LogP contribution in [0.3, 0.4) is 0 Å². The summed E-state index contributed by atoms with van der Waals surface area (Å²) in [6.45, 7) is 0.752. The number of nitriles is 1. The lowest BCUT2D eigenvalue weighted by Gasteiger charge is -2.38. The first-order valence-corrected chi connectivity index (χ1v) is 6.54. The van der Waals surface area contributed by atoms with Crippen LogP contribution in [-0.2, 0) is 0 Å². The molecule has 0 radical (unpaired) electrons. The largest absolute Gasteiger partial charge is 0.470 e. The van der Waals surface area contributed by atoms with E-state index in [1.54, 1.807) is 23.2 Å². The van der Waals surface area contributed by atoms with Gasteiger partial charge in [-0.25, -0.2) is 10.1 Å². The van der Waals surface area contributed by atoms with E-state index in [0.29, 0.717) is 18.7 Å². The number of rotatable bonds is 3. The van der Waals surface area contributed by atoms with Crippen LogP contribution >= 0.6 is 0 Å². The summed E-state index contributed by atoms with van der Waals surface area (Å²) in [7, 11) is 0. The number of H-pyrrole nitrogens is 1. The predicted octanol–water partition coefficient (Wildman–Crippen LogP) is -0.0600. The summed E-state index contributed by atoms with van der Waals surface area (Å²) >= 11 is 0. The minimum atomic E-state index is -0.361. The molecule has 110 valence electrons. The summed E-state index contributed by atoms with van der Waals surface area (Å²) in [6.07, 6.45) is 1.33. The van der Waals surface area contributed by atoms with Gasteiger partial charge in [-0.15, -0.1) is 0 Å². The van der Waals surface area contributed by atoms with E-state index in [-0.39, 0.29) is 29.1 Å². The Morgan fingerprint density at radius 1 is 1.41 bits per heavy atom. The first-order valence-electron chi connectivity index (χ1n) is 6.54. The molecule has 1 aliphatic rings. The van der Waals surface area contributed by atoms with E-state index in [9.17, 15) is 9.59 Å². The Labute approximate surface area is 125 Å². The number of pyridine rings is 1. The third-order valence-electron chi connectivity index (χ3n) is 3.20. The van der Waals surface area contributed by atoms with Crippen LogP contribution in [0.4, 0.5) is 0 Å². The molecule has 0 bridgehead atoms. The predicted molar refractivity (Wildman–Crippen MR) is 74.1 cm³/mol. The SMILES string of the molecule is N#Cc1cccnc1OC1CN(C(=O)c2ccc(=O)[nH]n2)C1. The van der Waals surface area contributed by atoms with Crippen LogP contribution < -0.4 is 10.3 Å². The number of carbonyl (C=O) groups is 1. The minimum Gasteiger partial charge on any atom is -0.470 e. The van der Waals surface area contributed by atoms with Crippen molar-refractivity contribution in [1.82, 2.24) is 20.1 Å². The highest BCUT2D eigenvalue weighted by Crippen LogP contribution is 2.20. The molecule has 0 unspecified atom stereocenters. The molecule has 1 amide bonds. The average molecular weight is 297 g/mol. The van der Waals surface area contributed by atoms with Crippen molar-refractivity contribution in [1.29, 1.82) is 5.26 Å². The van der Waals surface area contributed by atoms with Gasteiger partial charge >= 0.3 is 0 Å². The Bertz CT molecular complexity index is 784. The molecule has 1 fully saturated rings. The monoisotopic (exact) mass is 297 g/mol. The fraction of sp³-hybridized carbons (Fsp3) is 0.214. The quantitative estimate of drug-likeness (QED) is 0.849. The molecule has 3 heterocycles. The molecule has 1 saturated heterocycles. The average Bonchev–Trinajstić information content (AvgIpc) is 2.51. The first kappa shape index (κ1) is 13.8. The lowest BCUT2D eigenvalue weighted by molar-refractivity contribution is 0.0153. The van der Waals surface area contributed by atoms with Crippen LogP contribution in [-0.4, -0.2) is 45.2 Å². The molecule has 22 heavy (non-hydrogen) atoms. The van der Waals surface area contributed by atoms with Gasteiger partial charge in [0, 0.05) is 12.3 Å². The summed E-state index contributed by atoms with van der Waals surface area (Å²) in [4.78, 5) is 28.5. The van der Waals surface area contributed by atoms with Gasteiger partial charge in [-0.05, 0) is 18.2 Å². The number of nitrogens with zero attached hydrogens (tertiary/aromatic N) is 4. The summed E-state index contributed by atoms with van der Waals surface area (Å²) in [5.74, 6) is -0.0121. The second-order valence-corrected chi connectivity index (χ2v) is 4.72. The molecular weight excluding hydrogens is 286 g/mol. The normalized spacial score (nSPS) is 14.0. The summed E-state index contributed by atoms with van der Waals surface area (Å²) < 4.78 is 5.60. The molecule has 0 aromatic carbocycles.